The van der Waals surface area contributed by atoms with Gasteiger partial charge in [-0.15, -0.1) is 6.58 Å². The summed E-state index contributed by atoms with van der Waals surface area (Å²) in [5.74, 6) is 0. The molecule has 0 aliphatic heterocycles. The first-order valence-electron chi connectivity index (χ1n) is 6.73. The second-order valence-corrected chi connectivity index (χ2v) is 6.79. The second-order valence-electron chi connectivity index (χ2n) is 4.93. The maximum Gasteiger partial charge on any atom is 0.264 e. The highest BCUT2D eigenvalue weighted by molar-refractivity contribution is 7.92. The third kappa shape index (κ3) is 3.16. The quantitative estimate of drug-likeness (QED) is 0.790. The number of hydrogen-bond donors (Lipinski definition) is 0. The fourth-order valence-corrected chi connectivity index (χ4v) is 3.66. The van der Waals surface area contributed by atoms with E-state index in [1.807, 2.05) is 32.0 Å². The van der Waals surface area contributed by atoms with Crippen LogP contribution in [0.5, 0.6) is 0 Å². The molecule has 2 aromatic carbocycles. The van der Waals surface area contributed by atoms with E-state index in [-0.39, 0.29) is 11.4 Å². The molecule has 0 aliphatic carbocycles. The third-order valence-electron chi connectivity index (χ3n) is 3.26. The lowest BCUT2D eigenvalue weighted by Gasteiger charge is -2.25. The van der Waals surface area contributed by atoms with Crippen molar-refractivity contribution < 1.29 is 8.42 Å². The summed E-state index contributed by atoms with van der Waals surface area (Å²) in [5, 5.41) is 0. The molecule has 0 spiro atoms. The Morgan fingerprint density at radius 2 is 1.76 bits per heavy atom. The highest BCUT2D eigenvalue weighted by Crippen LogP contribution is 2.27. The summed E-state index contributed by atoms with van der Waals surface area (Å²) < 4.78 is 27.1. The predicted octanol–water partition coefficient (Wildman–Crippen LogP) is 3.68. The molecule has 2 rings (SSSR count). The molecule has 0 saturated carbocycles. The molecule has 2 aromatic rings. The van der Waals surface area contributed by atoms with Crippen molar-refractivity contribution in [2.45, 2.75) is 18.7 Å². The Kier molecular flexibility index (Phi) is 4.48. The third-order valence-corrected chi connectivity index (χ3v) is 5.05. The lowest BCUT2D eigenvalue weighted by Crippen LogP contribution is -2.31. The van der Waals surface area contributed by atoms with E-state index >= 15 is 0 Å². The average Bonchev–Trinajstić information content (AvgIpc) is 2.48. The second kappa shape index (κ2) is 6.14. The molecular formula is C17H19NO2S. The van der Waals surface area contributed by atoms with Gasteiger partial charge in [-0.1, -0.05) is 36.4 Å². The Labute approximate surface area is 126 Å². The van der Waals surface area contributed by atoms with Crippen LogP contribution in [0.1, 0.15) is 11.1 Å². The van der Waals surface area contributed by atoms with Crippen molar-refractivity contribution in [2.75, 3.05) is 10.8 Å². The Morgan fingerprint density at radius 1 is 1.10 bits per heavy atom. The molecule has 0 fully saturated rings. The Balaban J connectivity index is 2.58. The van der Waals surface area contributed by atoms with Crippen molar-refractivity contribution in [2.24, 2.45) is 0 Å². The van der Waals surface area contributed by atoms with Crippen LogP contribution >= 0.6 is 0 Å². The van der Waals surface area contributed by atoms with E-state index < -0.39 is 10.0 Å². The Bertz CT molecular complexity index is 737. The van der Waals surface area contributed by atoms with E-state index in [1.54, 1.807) is 36.4 Å². The van der Waals surface area contributed by atoms with Crippen LogP contribution in [0, 0.1) is 13.8 Å². The maximum atomic E-state index is 12.9. The van der Waals surface area contributed by atoms with Crippen molar-refractivity contribution >= 4 is 15.7 Å². The molecule has 0 N–H and O–H groups in total. The van der Waals surface area contributed by atoms with Crippen LogP contribution in [0.25, 0.3) is 0 Å². The van der Waals surface area contributed by atoms with Gasteiger partial charge in [0, 0.05) is 0 Å². The molecule has 0 heterocycles. The van der Waals surface area contributed by atoms with Crippen LogP contribution in [-0.4, -0.2) is 15.0 Å². The van der Waals surface area contributed by atoms with Crippen molar-refractivity contribution in [3.63, 3.8) is 0 Å². The van der Waals surface area contributed by atoms with Crippen LogP contribution in [0.15, 0.2) is 66.1 Å². The van der Waals surface area contributed by atoms with Crippen molar-refractivity contribution in [1.29, 1.82) is 0 Å². The molecule has 110 valence electrons. The minimum atomic E-state index is -3.59. The highest BCUT2D eigenvalue weighted by atomic mass is 32.2. The Morgan fingerprint density at radius 3 is 2.38 bits per heavy atom. The average molecular weight is 301 g/mol. The first-order valence-corrected chi connectivity index (χ1v) is 8.17. The molecule has 3 nitrogen and oxygen atoms in total. The fraction of sp³-hybridized carbons (Fsp3) is 0.176. The molecule has 4 heteroatoms. The van der Waals surface area contributed by atoms with E-state index in [0.29, 0.717) is 5.69 Å². The van der Waals surface area contributed by atoms with E-state index in [9.17, 15) is 8.42 Å². The van der Waals surface area contributed by atoms with Crippen LogP contribution in [0.3, 0.4) is 0 Å². The van der Waals surface area contributed by atoms with Gasteiger partial charge in [0.25, 0.3) is 10.0 Å². The van der Waals surface area contributed by atoms with E-state index in [4.69, 9.17) is 0 Å². The lowest BCUT2D eigenvalue weighted by atomic mass is 10.1. The molecular weight excluding hydrogens is 282 g/mol. The van der Waals surface area contributed by atoms with E-state index in [1.165, 1.54) is 4.31 Å². The zero-order valence-electron chi connectivity index (χ0n) is 12.3. The van der Waals surface area contributed by atoms with Crippen LogP contribution in [-0.2, 0) is 10.0 Å². The van der Waals surface area contributed by atoms with E-state index in [2.05, 4.69) is 6.58 Å². The first-order chi connectivity index (χ1) is 9.96. The number of aryl methyl sites for hydroxylation is 2. The molecule has 0 amide bonds. The van der Waals surface area contributed by atoms with Crippen molar-refractivity contribution in [3.05, 3.63) is 72.3 Å². The van der Waals surface area contributed by atoms with Gasteiger partial charge in [0.05, 0.1) is 17.1 Å². The highest BCUT2D eigenvalue weighted by Gasteiger charge is 2.24. The summed E-state index contributed by atoms with van der Waals surface area (Å²) in [5.41, 5.74) is 2.63. The van der Waals surface area contributed by atoms with Gasteiger partial charge < -0.3 is 0 Å². The molecule has 0 aromatic heterocycles. The largest absolute Gasteiger partial charge is 0.264 e. The van der Waals surface area contributed by atoms with Crippen LogP contribution in [0.4, 0.5) is 5.69 Å². The van der Waals surface area contributed by atoms with Gasteiger partial charge in [0.1, 0.15) is 0 Å². The maximum absolute atomic E-state index is 12.9. The molecule has 0 atom stereocenters. The zero-order chi connectivity index (χ0) is 15.5. The molecule has 21 heavy (non-hydrogen) atoms. The zero-order valence-corrected chi connectivity index (χ0v) is 13.1. The number of hydrogen-bond acceptors (Lipinski definition) is 2. The number of rotatable bonds is 5. The standard InChI is InChI=1S/C17H19NO2S/c1-4-12-18(17-13-14(2)10-11-15(17)3)21(19,20)16-8-6-5-7-9-16/h4-11,13H,1,12H2,2-3H3. The summed E-state index contributed by atoms with van der Waals surface area (Å²) in [4.78, 5) is 0.285. The first kappa shape index (κ1) is 15.3. The van der Waals surface area contributed by atoms with Crippen molar-refractivity contribution in [3.8, 4) is 0 Å². The van der Waals surface area contributed by atoms with Gasteiger partial charge in [0.15, 0.2) is 0 Å². The van der Waals surface area contributed by atoms with Gasteiger partial charge >= 0.3 is 0 Å². The monoisotopic (exact) mass is 301 g/mol. The minimum Gasteiger partial charge on any atom is -0.262 e. The van der Waals surface area contributed by atoms with Gasteiger partial charge in [0.2, 0.25) is 0 Å². The predicted molar refractivity (Wildman–Crippen MR) is 87.1 cm³/mol. The Hall–Kier alpha value is -2.07. The SMILES string of the molecule is C=CCN(c1cc(C)ccc1C)S(=O)(=O)c1ccccc1. The van der Waals surface area contributed by atoms with Gasteiger partial charge in [-0.3, -0.25) is 4.31 Å². The number of nitrogens with zero attached hydrogens (tertiary/aromatic N) is 1. The van der Waals surface area contributed by atoms with Gasteiger partial charge in [-0.05, 0) is 43.2 Å². The number of anilines is 1. The summed E-state index contributed by atoms with van der Waals surface area (Å²) in [6, 6.07) is 14.3. The fourth-order valence-electron chi connectivity index (χ4n) is 2.15. The van der Waals surface area contributed by atoms with Gasteiger partial charge in [-0.25, -0.2) is 8.42 Å². The molecule has 0 radical (unpaired) electrons. The normalized spacial score (nSPS) is 11.1. The molecule has 0 bridgehead atoms. The smallest absolute Gasteiger partial charge is 0.262 e. The lowest BCUT2D eigenvalue weighted by molar-refractivity contribution is 0.592. The summed E-state index contributed by atoms with van der Waals surface area (Å²) in [6.07, 6.45) is 1.60. The summed E-state index contributed by atoms with van der Waals surface area (Å²) in [6.45, 7) is 7.77. The molecule has 0 saturated heterocycles. The molecule has 0 unspecified atom stereocenters. The van der Waals surface area contributed by atoms with Crippen LogP contribution < -0.4 is 4.31 Å². The van der Waals surface area contributed by atoms with Crippen molar-refractivity contribution in [1.82, 2.24) is 0 Å². The topological polar surface area (TPSA) is 37.4 Å². The number of benzene rings is 2. The van der Waals surface area contributed by atoms with E-state index in [0.717, 1.165) is 11.1 Å². The van der Waals surface area contributed by atoms with Gasteiger partial charge in [-0.2, -0.15) is 0 Å². The summed E-state index contributed by atoms with van der Waals surface area (Å²) >= 11 is 0. The number of sulfonamides is 1. The minimum absolute atomic E-state index is 0.238. The molecule has 0 aliphatic rings. The summed E-state index contributed by atoms with van der Waals surface area (Å²) in [7, 11) is -3.59. The van der Waals surface area contributed by atoms with Crippen LogP contribution in [0.2, 0.25) is 0 Å².